The van der Waals surface area contributed by atoms with Gasteiger partial charge in [0.05, 0.1) is 0 Å². The van der Waals surface area contributed by atoms with E-state index in [4.69, 9.17) is 0 Å². The van der Waals surface area contributed by atoms with Crippen molar-refractivity contribution in [2.24, 2.45) is 0 Å². The van der Waals surface area contributed by atoms with Gasteiger partial charge in [0.25, 0.3) is 0 Å². The molecule has 0 bridgehead atoms. The molecule has 3 aromatic rings. The number of hydrogen-bond donors (Lipinski definition) is 1. The second-order valence-corrected chi connectivity index (χ2v) is 10.00. The molecule has 5 nitrogen and oxygen atoms in total. The van der Waals surface area contributed by atoms with Crippen molar-refractivity contribution in [1.29, 1.82) is 0 Å². The van der Waals surface area contributed by atoms with E-state index in [0.717, 1.165) is 16.8 Å². The summed E-state index contributed by atoms with van der Waals surface area (Å²) in [6.45, 7) is 8.09. The Labute approximate surface area is 185 Å². The Bertz CT molecular complexity index is 1190. The Balaban J connectivity index is 1.99. The van der Waals surface area contributed by atoms with Gasteiger partial charge in [-0.2, -0.15) is 0 Å². The third kappa shape index (κ3) is 4.97. The minimum atomic E-state index is -3.77. The van der Waals surface area contributed by atoms with Crippen molar-refractivity contribution in [1.82, 2.24) is 9.78 Å². The van der Waals surface area contributed by atoms with Gasteiger partial charge in [0.2, 0.25) is 0 Å². The summed E-state index contributed by atoms with van der Waals surface area (Å²) in [6, 6.07) is 16.3. The van der Waals surface area contributed by atoms with Crippen LogP contribution >= 0.6 is 0 Å². The van der Waals surface area contributed by atoms with Crippen LogP contribution in [0.4, 0.5) is 5.82 Å². The number of nitrogens with zero attached hydrogens (tertiary/aromatic N) is 2. The first kappa shape index (κ1) is 22.2. The number of sulfonamides is 1. The van der Waals surface area contributed by atoms with Crippen molar-refractivity contribution in [2.45, 2.75) is 38.0 Å². The summed E-state index contributed by atoms with van der Waals surface area (Å²) < 4.78 is 30.3. The molecule has 0 saturated carbocycles. The van der Waals surface area contributed by atoms with Crippen LogP contribution in [0.3, 0.4) is 0 Å². The molecule has 1 N–H and O–H groups in total. The number of anilines is 1. The zero-order valence-corrected chi connectivity index (χ0v) is 19.2. The fourth-order valence-corrected chi connectivity index (χ4v) is 4.17. The molecule has 0 fully saturated rings. The quantitative estimate of drug-likeness (QED) is 0.539. The average Bonchev–Trinajstić information content (AvgIpc) is 3.05. The summed E-state index contributed by atoms with van der Waals surface area (Å²) in [5, 5.41) is 4.50. The average molecular weight is 466 g/mol. The Morgan fingerprint density at radius 1 is 1.07 bits per heavy atom. The molecular weight excluding hydrogens is 441 g/mol. The van der Waals surface area contributed by atoms with E-state index >= 15 is 0 Å². The summed E-state index contributed by atoms with van der Waals surface area (Å²) in [5.41, 5.74) is 3.36. The number of hydrogen-bond acceptors (Lipinski definition) is 3. The van der Waals surface area contributed by atoms with Crippen molar-refractivity contribution in [2.75, 3.05) is 4.72 Å². The maximum atomic E-state index is 13.0. The number of para-hydroxylation sites is 1. The predicted octanol–water partition coefficient (Wildman–Crippen LogP) is 4.64. The van der Waals surface area contributed by atoms with E-state index in [-0.39, 0.29) is 10.3 Å². The van der Waals surface area contributed by atoms with Crippen LogP contribution in [0.25, 0.3) is 11.8 Å². The molecule has 2 aromatic carbocycles. The molecule has 0 spiro atoms. The molecular formula is C23H25N3NiO2S. The van der Waals surface area contributed by atoms with E-state index in [1.54, 1.807) is 34.0 Å². The first-order valence-corrected chi connectivity index (χ1v) is 11.5. The molecule has 7 heteroatoms. The number of rotatable bonds is 6. The van der Waals surface area contributed by atoms with Crippen LogP contribution < -0.4 is 4.72 Å². The first-order chi connectivity index (χ1) is 14.1. The van der Waals surface area contributed by atoms with Gasteiger partial charge >= 0.3 is 154 Å². The van der Waals surface area contributed by atoms with Crippen molar-refractivity contribution >= 4 is 26.9 Å². The van der Waals surface area contributed by atoms with Gasteiger partial charge in [0.1, 0.15) is 0 Å². The van der Waals surface area contributed by atoms with E-state index in [1.807, 2.05) is 49.4 Å². The molecule has 0 radical (unpaired) electrons. The molecule has 0 aliphatic heterocycles. The molecule has 0 aliphatic carbocycles. The Hall–Kier alpha value is -2.50. The van der Waals surface area contributed by atoms with Gasteiger partial charge in [0, 0.05) is 0 Å². The molecule has 3 rings (SSSR count). The van der Waals surface area contributed by atoms with Gasteiger partial charge in [-0.1, -0.05) is 20.8 Å². The van der Waals surface area contributed by atoms with Crippen LogP contribution in [-0.4, -0.2) is 23.2 Å². The number of aromatic nitrogens is 2. The normalized spacial score (nSPS) is 12.3. The fourth-order valence-electron chi connectivity index (χ4n) is 3.04. The van der Waals surface area contributed by atoms with Crippen LogP contribution in [-0.2, 0) is 30.5 Å². The van der Waals surface area contributed by atoms with E-state index in [9.17, 15) is 8.42 Å². The monoisotopic (exact) mass is 465 g/mol. The first-order valence-electron chi connectivity index (χ1n) is 9.48. The molecule has 0 atom stereocenters. The van der Waals surface area contributed by atoms with Gasteiger partial charge in [-0.3, -0.25) is 0 Å². The van der Waals surface area contributed by atoms with Crippen molar-refractivity contribution in [3.05, 3.63) is 77.5 Å². The standard InChI is InChI=1S/C23H25N3O2S.Ni/c1-6-9-18-10-7-8-11-21(18)26-22(16-17(2)24-26)25-29(27,28)20-14-12-19(13-15-20)23(3,4)5;/h1,6-16,25H,2-5H3;/b9-6-;. The zero-order valence-electron chi connectivity index (χ0n) is 17.4. The van der Waals surface area contributed by atoms with Crippen molar-refractivity contribution in [3.63, 3.8) is 0 Å². The van der Waals surface area contributed by atoms with Gasteiger partial charge in [0.15, 0.2) is 0 Å². The topological polar surface area (TPSA) is 64.0 Å². The van der Waals surface area contributed by atoms with Crippen molar-refractivity contribution in [3.8, 4) is 5.69 Å². The molecule has 1 aromatic heterocycles. The van der Waals surface area contributed by atoms with E-state index in [2.05, 4.69) is 45.6 Å². The van der Waals surface area contributed by atoms with Crippen LogP contribution in [0.5, 0.6) is 0 Å². The number of benzene rings is 2. The van der Waals surface area contributed by atoms with E-state index in [0.29, 0.717) is 11.5 Å². The number of allylic oxidation sites excluding steroid dienone is 1. The van der Waals surface area contributed by atoms with Crippen LogP contribution in [0, 0.1) is 6.92 Å². The van der Waals surface area contributed by atoms with E-state index < -0.39 is 10.0 Å². The van der Waals surface area contributed by atoms with Crippen molar-refractivity contribution < 1.29 is 23.4 Å². The van der Waals surface area contributed by atoms with Crippen LogP contribution in [0.15, 0.2) is 65.6 Å². The summed E-state index contributed by atoms with van der Waals surface area (Å²) in [6.07, 6.45) is 3.65. The Morgan fingerprint density at radius 2 is 1.73 bits per heavy atom. The molecule has 0 unspecified atom stereocenters. The molecule has 0 amide bonds. The van der Waals surface area contributed by atoms with Gasteiger partial charge in [-0.15, -0.1) is 0 Å². The second-order valence-electron chi connectivity index (χ2n) is 7.99. The molecule has 30 heavy (non-hydrogen) atoms. The Kier molecular flexibility index (Phi) is 6.44. The number of aryl methyl sites for hydroxylation is 1. The zero-order chi connectivity index (χ0) is 21.9. The predicted molar refractivity (Wildman–Crippen MR) is 119 cm³/mol. The second kappa shape index (κ2) is 8.70. The minimum absolute atomic E-state index is 0.0497. The third-order valence-electron chi connectivity index (χ3n) is 4.60. The summed E-state index contributed by atoms with van der Waals surface area (Å²) >= 11 is 4.58. The number of nitrogens with one attached hydrogen (secondary N) is 1. The van der Waals surface area contributed by atoms with E-state index in [1.165, 1.54) is 0 Å². The fraction of sp³-hybridized carbons (Fsp3) is 0.217. The van der Waals surface area contributed by atoms with Crippen LogP contribution in [0.1, 0.15) is 37.6 Å². The molecule has 160 valence electrons. The maximum absolute atomic E-state index is 13.0. The molecule has 1 heterocycles. The van der Waals surface area contributed by atoms with Gasteiger partial charge in [-0.25, -0.2) is 0 Å². The van der Waals surface area contributed by atoms with Gasteiger partial charge in [-0.05, 0) is 11.0 Å². The van der Waals surface area contributed by atoms with Crippen LogP contribution in [0.2, 0.25) is 0 Å². The Morgan fingerprint density at radius 3 is 2.37 bits per heavy atom. The molecule has 0 aliphatic rings. The summed E-state index contributed by atoms with van der Waals surface area (Å²) in [5.74, 6) is 0.374. The van der Waals surface area contributed by atoms with Gasteiger partial charge < -0.3 is 0 Å². The summed E-state index contributed by atoms with van der Waals surface area (Å²) in [4.78, 5) is 1.77. The SMILES string of the molecule is Cc1cc(NS(=O)(=O)c2ccc(C(C)(C)C)cc2)n(-c2ccccc2/C=C\[CH]=[Ni])n1. The molecule has 0 saturated heterocycles. The third-order valence-corrected chi connectivity index (χ3v) is 6.16. The summed E-state index contributed by atoms with van der Waals surface area (Å²) in [7, 11) is -3.77.